The highest BCUT2D eigenvalue weighted by Gasteiger charge is 2.15. The molecule has 1 aliphatic rings. The third-order valence-corrected chi connectivity index (χ3v) is 5.12. The monoisotopic (exact) mass is 489 g/mol. The van der Waals surface area contributed by atoms with Crippen LogP contribution in [0.25, 0.3) is 0 Å². The van der Waals surface area contributed by atoms with Gasteiger partial charge in [-0.2, -0.15) is 0 Å². The molecule has 1 aromatic rings. The molecule has 1 aliphatic heterocycles. The first-order chi connectivity index (χ1) is 12.7. The maximum absolute atomic E-state index is 5.81. The van der Waals surface area contributed by atoms with E-state index < -0.39 is 0 Å². The van der Waals surface area contributed by atoms with Gasteiger partial charge in [-0.15, -0.1) is 24.0 Å². The van der Waals surface area contributed by atoms with Gasteiger partial charge in [0.05, 0.1) is 0 Å². The molecule has 0 amide bonds. The van der Waals surface area contributed by atoms with Crippen molar-refractivity contribution in [1.29, 1.82) is 0 Å². The topological polar surface area (TPSA) is 54.9 Å². The van der Waals surface area contributed by atoms with Crippen molar-refractivity contribution in [1.82, 2.24) is 10.6 Å². The number of hydrogen-bond acceptors (Lipinski definition) is 3. The molecule has 0 radical (unpaired) electrons. The predicted molar refractivity (Wildman–Crippen MR) is 123 cm³/mol. The lowest BCUT2D eigenvalue weighted by molar-refractivity contribution is 0.0203. The van der Waals surface area contributed by atoms with E-state index in [1.165, 1.54) is 5.56 Å². The molecule has 27 heavy (non-hydrogen) atoms. The Morgan fingerprint density at radius 3 is 2.59 bits per heavy atom. The number of ether oxygens (including phenoxy) is 2. The Labute approximate surface area is 181 Å². The van der Waals surface area contributed by atoms with Crippen LogP contribution < -0.4 is 10.6 Å². The molecule has 0 saturated carbocycles. The van der Waals surface area contributed by atoms with E-state index in [1.54, 1.807) is 0 Å². The number of nitrogens with one attached hydrogen (secondary N) is 2. The van der Waals surface area contributed by atoms with Gasteiger partial charge in [-0.1, -0.05) is 37.3 Å². The van der Waals surface area contributed by atoms with Crippen molar-refractivity contribution in [3.05, 3.63) is 35.9 Å². The first-order valence-corrected chi connectivity index (χ1v) is 9.88. The first-order valence-electron chi connectivity index (χ1n) is 9.88. The number of halogens is 1. The molecular formula is C21H36IN3O2. The summed E-state index contributed by atoms with van der Waals surface area (Å²) in [6, 6.07) is 10.9. The van der Waals surface area contributed by atoms with E-state index in [9.17, 15) is 0 Å². The largest absolute Gasteiger partial charge is 0.381 e. The third-order valence-electron chi connectivity index (χ3n) is 5.12. The lowest BCUT2D eigenvalue weighted by Gasteiger charge is -2.24. The summed E-state index contributed by atoms with van der Waals surface area (Å²) in [6.45, 7) is 8.72. The van der Waals surface area contributed by atoms with Crippen molar-refractivity contribution >= 4 is 29.9 Å². The lowest BCUT2D eigenvalue weighted by atomic mass is 9.94. The number of aliphatic imine (C=N–C) groups is 1. The van der Waals surface area contributed by atoms with Crippen LogP contribution in [0.4, 0.5) is 0 Å². The minimum absolute atomic E-state index is 0. The van der Waals surface area contributed by atoms with Crippen molar-refractivity contribution in [2.24, 2.45) is 10.9 Å². The lowest BCUT2D eigenvalue weighted by Crippen LogP contribution is -2.44. The van der Waals surface area contributed by atoms with Crippen LogP contribution in [0.1, 0.15) is 44.6 Å². The molecule has 1 saturated heterocycles. The number of hydrogen-bond donors (Lipinski definition) is 2. The van der Waals surface area contributed by atoms with Crippen molar-refractivity contribution in [3.63, 3.8) is 0 Å². The van der Waals surface area contributed by atoms with Crippen molar-refractivity contribution in [3.8, 4) is 0 Å². The van der Waals surface area contributed by atoms with Crippen LogP contribution in [0.5, 0.6) is 0 Å². The fourth-order valence-corrected chi connectivity index (χ4v) is 3.12. The van der Waals surface area contributed by atoms with Gasteiger partial charge in [0.25, 0.3) is 0 Å². The molecule has 0 spiro atoms. The fraction of sp³-hybridized carbons (Fsp3) is 0.667. The summed E-state index contributed by atoms with van der Waals surface area (Å²) in [6.07, 6.45) is 3.24. The van der Waals surface area contributed by atoms with Crippen LogP contribution in [0.2, 0.25) is 0 Å². The number of nitrogens with zero attached hydrogens (tertiary/aromatic N) is 1. The summed E-state index contributed by atoms with van der Waals surface area (Å²) in [5.41, 5.74) is 1.34. The Balaban J connectivity index is 0.00000364. The Hall–Kier alpha value is -0.860. The standard InChI is InChI=1S/C21H35N3O2.HI/c1-17(20-8-5-4-6-9-20)18(2)24-21(22-3)23-12-7-13-26-16-19-10-14-25-15-11-19;/h4-6,8-9,17-19H,7,10-16H2,1-3H3,(H2,22,23,24);1H. The van der Waals surface area contributed by atoms with E-state index in [4.69, 9.17) is 9.47 Å². The fourth-order valence-electron chi connectivity index (χ4n) is 3.12. The summed E-state index contributed by atoms with van der Waals surface area (Å²) in [4.78, 5) is 4.34. The Morgan fingerprint density at radius 2 is 1.93 bits per heavy atom. The van der Waals surface area contributed by atoms with Gasteiger partial charge in [0.1, 0.15) is 0 Å². The predicted octanol–water partition coefficient (Wildman–Crippen LogP) is 3.79. The minimum atomic E-state index is 0. The minimum Gasteiger partial charge on any atom is -0.381 e. The third kappa shape index (κ3) is 9.25. The molecule has 0 bridgehead atoms. The average Bonchev–Trinajstić information content (AvgIpc) is 2.70. The quantitative estimate of drug-likeness (QED) is 0.240. The van der Waals surface area contributed by atoms with E-state index in [1.807, 2.05) is 7.05 Å². The smallest absolute Gasteiger partial charge is 0.191 e. The van der Waals surface area contributed by atoms with Gasteiger partial charge in [-0.3, -0.25) is 4.99 Å². The van der Waals surface area contributed by atoms with Crippen LogP contribution in [0, 0.1) is 5.92 Å². The Kier molecular flexibility index (Phi) is 12.7. The molecule has 1 fully saturated rings. The van der Waals surface area contributed by atoms with E-state index in [0.29, 0.717) is 17.9 Å². The summed E-state index contributed by atoms with van der Waals surface area (Å²) in [5, 5.41) is 6.88. The van der Waals surface area contributed by atoms with Crippen LogP contribution in [0.3, 0.4) is 0 Å². The van der Waals surface area contributed by atoms with E-state index in [-0.39, 0.29) is 24.0 Å². The Bertz CT molecular complexity index is 521. The summed E-state index contributed by atoms with van der Waals surface area (Å²) in [7, 11) is 1.82. The number of guanidine groups is 1. The highest BCUT2D eigenvalue weighted by Crippen LogP contribution is 2.18. The second-order valence-electron chi connectivity index (χ2n) is 7.12. The molecule has 5 nitrogen and oxygen atoms in total. The molecule has 2 N–H and O–H groups in total. The molecule has 154 valence electrons. The highest BCUT2D eigenvalue weighted by molar-refractivity contribution is 14.0. The molecule has 0 aliphatic carbocycles. The van der Waals surface area contributed by atoms with Gasteiger partial charge < -0.3 is 20.1 Å². The summed E-state index contributed by atoms with van der Waals surface area (Å²) in [5.74, 6) is 1.94. The SMILES string of the molecule is CN=C(NCCCOCC1CCOCC1)NC(C)C(C)c1ccccc1.I. The first kappa shape index (κ1) is 24.2. The summed E-state index contributed by atoms with van der Waals surface area (Å²) < 4.78 is 11.2. The molecule has 2 rings (SSSR count). The van der Waals surface area contributed by atoms with Gasteiger partial charge in [0.2, 0.25) is 0 Å². The second kappa shape index (κ2) is 14.2. The molecular weight excluding hydrogens is 453 g/mol. The van der Waals surface area contributed by atoms with Crippen LogP contribution in [0.15, 0.2) is 35.3 Å². The molecule has 0 aromatic heterocycles. The van der Waals surface area contributed by atoms with Gasteiger partial charge >= 0.3 is 0 Å². The molecule has 1 aromatic carbocycles. The van der Waals surface area contributed by atoms with E-state index >= 15 is 0 Å². The van der Waals surface area contributed by atoms with Gasteiger partial charge in [-0.05, 0) is 37.7 Å². The van der Waals surface area contributed by atoms with Gasteiger partial charge in [-0.25, -0.2) is 0 Å². The van der Waals surface area contributed by atoms with Gasteiger partial charge in [0, 0.05) is 52.0 Å². The maximum atomic E-state index is 5.81. The number of rotatable bonds is 9. The maximum Gasteiger partial charge on any atom is 0.191 e. The second-order valence-corrected chi connectivity index (χ2v) is 7.12. The van der Waals surface area contributed by atoms with Crippen LogP contribution in [-0.4, -0.2) is 52.0 Å². The van der Waals surface area contributed by atoms with E-state index in [0.717, 1.165) is 58.2 Å². The zero-order valence-electron chi connectivity index (χ0n) is 16.9. The van der Waals surface area contributed by atoms with Gasteiger partial charge in [0.15, 0.2) is 5.96 Å². The molecule has 2 unspecified atom stereocenters. The van der Waals surface area contributed by atoms with Crippen LogP contribution in [-0.2, 0) is 9.47 Å². The highest BCUT2D eigenvalue weighted by atomic mass is 127. The Morgan fingerprint density at radius 1 is 1.22 bits per heavy atom. The molecule has 6 heteroatoms. The normalized spacial score (nSPS) is 17.7. The van der Waals surface area contributed by atoms with Crippen molar-refractivity contribution < 1.29 is 9.47 Å². The summed E-state index contributed by atoms with van der Waals surface area (Å²) >= 11 is 0. The zero-order valence-corrected chi connectivity index (χ0v) is 19.3. The van der Waals surface area contributed by atoms with Crippen molar-refractivity contribution in [2.75, 3.05) is 40.0 Å². The van der Waals surface area contributed by atoms with Crippen molar-refractivity contribution in [2.45, 2.75) is 45.1 Å². The number of benzene rings is 1. The van der Waals surface area contributed by atoms with E-state index in [2.05, 4.69) is 59.8 Å². The molecule has 2 atom stereocenters. The zero-order chi connectivity index (χ0) is 18.6. The average molecular weight is 489 g/mol. The molecule has 1 heterocycles. The van der Waals surface area contributed by atoms with Crippen LogP contribution >= 0.6 is 24.0 Å².